The van der Waals surface area contributed by atoms with Crippen molar-refractivity contribution < 1.29 is 18.3 Å². The summed E-state index contributed by atoms with van der Waals surface area (Å²) in [6.07, 6.45) is 6.05. The minimum atomic E-state index is -2.90. The number of anilines is 1. The van der Waals surface area contributed by atoms with Gasteiger partial charge in [-0.1, -0.05) is 5.21 Å². The molecule has 1 amide bonds. The van der Waals surface area contributed by atoms with Gasteiger partial charge in [0.2, 0.25) is 0 Å². The molecule has 0 aliphatic carbocycles. The van der Waals surface area contributed by atoms with Gasteiger partial charge in [-0.3, -0.25) is 14.5 Å². The Labute approximate surface area is 181 Å². The molecule has 0 aliphatic rings. The summed E-state index contributed by atoms with van der Waals surface area (Å²) in [5.74, 6) is -0.0306. The van der Waals surface area contributed by atoms with Crippen molar-refractivity contribution in [3.8, 4) is 11.4 Å². The van der Waals surface area contributed by atoms with Crippen molar-refractivity contribution in [3.05, 3.63) is 78.0 Å². The molecule has 0 spiro atoms. The number of aryl methyl sites for hydroxylation is 2. The van der Waals surface area contributed by atoms with E-state index in [-0.39, 0.29) is 11.4 Å². The van der Waals surface area contributed by atoms with Gasteiger partial charge in [-0.2, -0.15) is 13.9 Å². The Hall–Kier alpha value is -4.15. The van der Waals surface area contributed by atoms with E-state index in [1.54, 1.807) is 48.4 Å². The van der Waals surface area contributed by atoms with Crippen LogP contribution in [-0.2, 0) is 13.0 Å². The van der Waals surface area contributed by atoms with Gasteiger partial charge in [0.15, 0.2) is 11.5 Å². The molecule has 0 fully saturated rings. The summed E-state index contributed by atoms with van der Waals surface area (Å²) < 4.78 is 32.1. The SMILES string of the molecule is Cc1c(C(=O)Nc2ccn(CCc3ccncc3)n2)nnn1-c1ccc(OC(F)F)cc1. The van der Waals surface area contributed by atoms with Crippen molar-refractivity contribution in [1.82, 2.24) is 29.8 Å². The van der Waals surface area contributed by atoms with E-state index in [1.807, 2.05) is 12.1 Å². The van der Waals surface area contributed by atoms with Crippen molar-refractivity contribution in [1.29, 1.82) is 0 Å². The lowest BCUT2D eigenvalue weighted by atomic mass is 10.2. The summed E-state index contributed by atoms with van der Waals surface area (Å²) in [6, 6.07) is 11.5. The zero-order valence-corrected chi connectivity index (χ0v) is 17.0. The zero-order valence-electron chi connectivity index (χ0n) is 17.0. The molecule has 0 saturated carbocycles. The van der Waals surface area contributed by atoms with E-state index < -0.39 is 12.5 Å². The van der Waals surface area contributed by atoms with Crippen LogP contribution < -0.4 is 10.1 Å². The van der Waals surface area contributed by atoms with Crippen LogP contribution in [0.5, 0.6) is 5.75 Å². The molecule has 4 rings (SSSR count). The van der Waals surface area contributed by atoms with Gasteiger partial charge in [0.1, 0.15) is 5.75 Å². The van der Waals surface area contributed by atoms with Gasteiger partial charge in [0.25, 0.3) is 5.91 Å². The minimum Gasteiger partial charge on any atom is -0.435 e. The van der Waals surface area contributed by atoms with E-state index in [4.69, 9.17) is 0 Å². The average molecular weight is 439 g/mol. The molecule has 0 atom stereocenters. The molecule has 11 heteroatoms. The van der Waals surface area contributed by atoms with E-state index >= 15 is 0 Å². The molecule has 9 nitrogen and oxygen atoms in total. The molecule has 1 N–H and O–H groups in total. The molecule has 3 heterocycles. The predicted octanol–water partition coefficient (Wildman–Crippen LogP) is 3.26. The summed E-state index contributed by atoms with van der Waals surface area (Å²) in [6.45, 7) is -0.560. The fourth-order valence-corrected chi connectivity index (χ4v) is 3.07. The third kappa shape index (κ3) is 4.94. The first kappa shape index (κ1) is 21.1. The highest BCUT2D eigenvalue weighted by Gasteiger charge is 2.18. The van der Waals surface area contributed by atoms with E-state index in [1.165, 1.54) is 16.8 Å². The van der Waals surface area contributed by atoms with Crippen molar-refractivity contribution >= 4 is 11.7 Å². The number of aromatic nitrogens is 6. The largest absolute Gasteiger partial charge is 0.435 e. The Balaban J connectivity index is 1.40. The van der Waals surface area contributed by atoms with Crippen molar-refractivity contribution in [2.45, 2.75) is 26.5 Å². The van der Waals surface area contributed by atoms with Crippen molar-refractivity contribution in [3.63, 3.8) is 0 Å². The summed E-state index contributed by atoms with van der Waals surface area (Å²) in [4.78, 5) is 16.6. The van der Waals surface area contributed by atoms with Crippen LogP contribution in [0.4, 0.5) is 14.6 Å². The number of carbonyl (C=O) groups is 1. The lowest BCUT2D eigenvalue weighted by Crippen LogP contribution is -2.15. The lowest BCUT2D eigenvalue weighted by Gasteiger charge is -2.07. The Kier molecular flexibility index (Phi) is 6.15. The van der Waals surface area contributed by atoms with E-state index in [0.29, 0.717) is 23.7 Å². The van der Waals surface area contributed by atoms with Crippen LogP contribution in [0.3, 0.4) is 0 Å². The smallest absolute Gasteiger partial charge is 0.387 e. The first-order chi connectivity index (χ1) is 15.5. The summed E-state index contributed by atoms with van der Waals surface area (Å²) >= 11 is 0. The number of hydrogen-bond acceptors (Lipinski definition) is 6. The molecule has 3 aromatic heterocycles. The number of benzene rings is 1. The van der Waals surface area contributed by atoms with E-state index in [0.717, 1.165) is 12.0 Å². The number of nitrogens with zero attached hydrogens (tertiary/aromatic N) is 6. The molecule has 0 aliphatic heterocycles. The maximum absolute atomic E-state index is 12.7. The maximum Gasteiger partial charge on any atom is 0.387 e. The van der Waals surface area contributed by atoms with Crippen LogP contribution >= 0.6 is 0 Å². The molecule has 0 radical (unpaired) electrons. The summed E-state index contributed by atoms with van der Waals surface area (Å²) in [5.41, 5.74) is 2.31. The van der Waals surface area contributed by atoms with Gasteiger partial charge >= 0.3 is 6.61 Å². The monoisotopic (exact) mass is 439 g/mol. The molecule has 4 aromatic rings. The standard InChI is InChI=1S/C21H19F2N7O2/c1-14-19(26-28-30(14)16-2-4-17(5-3-16)32-21(22)23)20(31)25-18-9-13-29(27-18)12-8-15-6-10-24-11-7-15/h2-7,9-11,13,21H,8,12H2,1H3,(H,25,27,31). The molecule has 0 bridgehead atoms. The molecule has 0 unspecified atom stereocenters. The number of carbonyl (C=O) groups excluding carboxylic acids is 1. The van der Waals surface area contributed by atoms with E-state index in [9.17, 15) is 13.6 Å². The summed E-state index contributed by atoms with van der Waals surface area (Å²) in [7, 11) is 0. The first-order valence-electron chi connectivity index (χ1n) is 9.71. The fourth-order valence-electron chi connectivity index (χ4n) is 3.07. The van der Waals surface area contributed by atoms with Gasteiger partial charge < -0.3 is 10.1 Å². The molecular formula is C21H19F2N7O2. The second kappa shape index (κ2) is 9.33. The number of amides is 1. The Morgan fingerprint density at radius 1 is 1.12 bits per heavy atom. The third-order valence-corrected chi connectivity index (χ3v) is 4.68. The van der Waals surface area contributed by atoms with Gasteiger partial charge in [-0.05, 0) is 55.3 Å². The van der Waals surface area contributed by atoms with Crippen LogP contribution in [0, 0.1) is 6.92 Å². The van der Waals surface area contributed by atoms with E-state index in [2.05, 4.69) is 30.4 Å². The second-order valence-corrected chi connectivity index (χ2v) is 6.83. The number of pyridine rings is 1. The highest BCUT2D eigenvalue weighted by molar-refractivity contribution is 6.03. The lowest BCUT2D eigenvalue weighted by molar-refractivity contribution is -0.0498. The van der Waals surface area contributed by atoms with Gasteiger partial charge in [0.05, 0.1) is 11.4 Å². The number of halogens is 2. The molecule has 32 heavy (non-hydrogen) atoms. The molecule has 164 valence electrons. The van der Waals surface area contributed by atoms with Gasteiger partial charge in [0, 0.05) is 31.2 Å². The van der Waals surface area contributed by atoms with Crippen LogP contribution in [-0.4, -0.2) is 42.3 Å². The topological polar surface area (TPSA) is 99.8 Å². The number of nitrogens with one attached hydrogen (secondary N) is 1. The number of alkyl halides is 2. The predicted molar refractivity (Wildman–Crippen MR) is 111 cm³/mol. The Bertz CT molecular complexity index is 1190. The normalized spacial score (nSPS) is 11.0. The minimum absolute atomic E-state index is 0.0269. The Morgan fingerprint density at radius 3 is 2.59 bits per heavy atom. The van der Waals surface area contributed by atoms with Gasteiger partial charge in [-0.25, -0.2) is 4.68 Å². The van der Waals surface area contributed by atoms with Crippen molar-refractivity contribution in [2.75, 3.05) is 5.32 Å². The number of ether oxygens (including phenoxy) is 1. The highest BCUT2D eigenvalue weighted by atomic mass is 19.3. The third-order valence-electron chi connectivity index (χ3n) is 4.68. The molecule has 0 saturated heterocycles. The number of rotatable bonds is 8. The van der Waals surface area contributed by atoms with Gasteiger partial charge in [-0.15, -0.1) is 5.10 Å². The number of hydrogen-bond donors (Lipinski definition) is 1. The van der Waals surface area contributed by atoms with Crippen LogP contribution in [0.25, 0.3) is 5.69 Å². The molecule has 1 aromatic carbocycles. The zero-order chi connectivity index (χ0) is 22.5. The van der Waals surface area contributed by atoms with Crippen molar-refractivity contribution in [2.24, 2.45) is 0 Å². The quantitative estimate of drug-likeness (QED) is 0.452. The highest BCUT2D eigenvalue weighted by Crippen LogP contribution is 2.19. The van der Waals surface area contributed by atoms with Crippen LogP contribution in [0.2, 0.25) is 0 Å². The summed E-state index contributed by atoms with van der Waals surface area (Å²) in [5, 5.41) is 15.0. The average Bonchev–Trinajstić information content (AvgIpc) is 3.39. The van der Waals surface area contributed by atoms with Crippen LogP contribution in [0.1, 0.15) is 21.7 Å². The first-order valence-corrected chi connectivity index (χ1v) is 9.71. The fraction of sp³-hybridized carbons (Fsp3) is 0.190. The maximum atomic E-state index is 12.7. The second-order valence-electron chi connectivity index (χ2n) is 6.83. The van der Waals surface area contributed by atoms with Crippen LogP contribution in [0.15, 0.2) is 61.1 Å². The molecular weight excluding hydrogens is 420 g/mol. The Morgan fingerprint density at radius 2 is 1.88 bits per heavy atom.